The molecule has 0 aromatic heterocycles. The van der Waals surface area contributed by atoms with E-state index in [1.54, 1.807) is 12.1 Å². The Bertz CT molecular complexity index is 731. The fourth-order valence-electron chi connectivity index (χ4n) is 2.20. The summed E-state index contributed by atoms with van der Waals surface area (Å²) >= 11 is 0. The fourth-order valence-corrected chi connectivity index (χ4v) is 2.20. The van der Waals surface area contributed by atoms with Crippen molar-refractivity contribution in [2.45, 2.75) is 0 Å². The summed E-state index contributed by atoms with van der Waals surface area (Å²) < 4.78 is 45.4. The summed E-state index contributed by atoms with van der Waals surface area (Å²) in [7, 11) is 0. The third kappa shape index (κ3) is 2.22. The first-order chi connectivity index (χ1) is 10.1. The number of carbonyl (C=O) groups is 1. The van der Waals surface area contributed by atoms with Gasteiger partial charge in [0.2, 0.25) is 0 Å². The Labute approximate surface area is 118 Å². The van der Waals surface area contributed by atoms with Crippen LogP contribution in [0.15, 0.2) is 30.3 Å². The number of hydrogen-bond donors (Lipinski definition) is 1. The Balaban J connectivity index is 2.10. The number of nitrogens with one attached hydrogen (secondary N) is 1. The molecule has 0 amide bonds. The average Bonchev–Trinajstić information content (AvgIpc) is 2.51. The molecule has 21 heavy (non-hydrogen) atoms. The van der Waals surface area contributed by atoms with Crippen LogP contribution in [0.25, 0.3) is 0 Å². The lowest BCUT2D eigenvalue weighted by molar-refractivity contribution is 0.103. The number of para-hydroxylation sites is 1. The molecule has 0 aliphatic carbocycles. The van der Waals surface area contributed by atoms with Crippen LogP contribution in [0.3, 0.4) is 0 Å². The summed E-state index contributed by atoms with van der Waals surface area (Å²) in [6, 6.07) is 6.42. The minimum Gasteiger partial charge on any atom is -0.489 e. The van der Waals surface area contributed by atoms with Crippen LogP contribution >= 0.6 is 0 Å². The molecule has 108 valence electrons. The maximum Gasteiger partial charge on any atom is 0.199 e. The Hall–Kier alpha value is -2.50. The minimum atomic E-state index is -1.66. The van der Waals surface area contributed by atoms with Crippen LogP contribution in [-0.4, -0.2) is 18.9 Å². The molecule has 1 aliphatic rings. The summed E-state index contributed by atoms with van der Waals surface area (Å²) in [5, 5.41) is 3.04. The fraction of sp³-hybridized carbons (Fsp3) is 0.133. The Morgan fingerprint density at radius 2 is 1.86 bits per heavy atom. The van der Waals surface area contributed by atoms with Gasteiger partial charge in [-0.2, -0.15) is 0 Å². The van der Waals surface area contributed by atoms with Gasteiger partial charge in [0.1, 0.15) is 6.61 Å². The highest BCUT2D eigenvalue weighted by Crippen LogP contribution is 2.33. The molecule has 1 aliphatic heterocycles. The maximum atomic E-state index is 13.7. The third-order valence-corrected chi connectivity index (χ3v) is 3.20. The van der Waals surface area contributed by atoms with Gasteiger partial charge in [-0.15, -0.1) is 0 Å². The lowest BCUT2D eigenvalue weighted by Crippen LogP contribution is -2.20. The first-order valence-corrected chi connectivity index (χ1v) is 6.27. The highest BCUT2D eigenvalue weighted by molar-refractivity contribution is 6.11. The molecule has 2 aromatic rings. The van der Waals surface area contributed by atoms with Gasteiger partial charge in [0.05, 0.1) is 16.8 Å². The molecule has 6 heteroatoms. The van der Waals surface area contributed by atoms with Gasteiger partial charge in [0.15, 0.2) is 29.0 Å². The molecule has 0 saturated heterocycles. The van der Waals surface area contributed by atoms with Crippen molar-refractivity contribution in [1.82, 2.24) is 0 Å². The molecule has 0 atom stereocenters. The predicted octanol–water partition coefficient (Wildman–Crippen LogP) is 3.14. The number of benzene rings is 2. The maximum absolute atomic E-state index is 13.7. The van der Waals surface area contributed by atoms with Crippen molar-refractivity contribution in [1.29, 1.82) is 0 Å². The Morgan fingerprint density at radius 3 is 2.67 bits per heavy atom. The van der Waals surface area contributed by atoms with Gasteiger partial charge in [0.25, 0.3) is 0 Å². The number of rotatable bonds is 2. The van der Waals surface area contributed by atoms with E-state index in [1.165, 1.54) is 6.07 Å². The molecular weight excluding hydrogens is 283 g/mol. The van der Waals surface area contributed by atoms with Crippen LogP contribution < -0.4 is 10.1 Å². The summed E-state index contributed by atoms with van der Waals surface area (Å²) in [4.78, 5) is 12.4. The van der Waals surface area contributed by atoms with Crippen LogP contribution in [0.4, 0.5) is 18.9 Å². The average molecular weight is 293 g/mol. The van der Waals surface area contributed by atoms with Crippen molar-refractivity contribution in [2.75, 3.05) is 18.5 Å². The van der Waals surface area contributed by atoms with Crippen molar-refractivity contribution in [3.8, 4) is 5.75 Å². The van der Waals surface area contributed by atoms with E-state index in [4.69, 9.17) is 4.74 Å². The normalized spacial score (nSPS) is 13.1. The minimum absolute atomic E-state index is 0.101. The van der Waals surface area contributed by atoms with Crippen molar-refractivity contribution in [3.63, 3.8) is 0 Å². The summed E-state index contributed by atoms with van der Waals surface area (Å²) in [6.07, 6.45) is 0. The number of anilines is 1. The zero-order chi connectivity index (χ0) is 15.0. The molecule has 0 bridgehead atoms. The molecule has 0 saturated carbocycles. The summed E-state index contributed by atoms with van der Waals surface area (Å²) in [6.45, 7) is 0.946. The Kier molecular flexibility index (Phi) is 3.29. The number of fused-ring (bicyclic) bond motifs is 1. The van der Waals surface area contributed by atoms with Crippen molar-refractivity contribution in [2.24, 2.45) is 0 Å². The van der Waals surface area contributed by atoms with E-state index in [9.17, 15) is 18.0 Å². The molecule has 3 nitrogen and oxygen atoms in total. The number of hydrogen-bond acceptors (Lipinski definition) is 3. The molecular formula is C15H10F3NO2. The van der Waals surface area contributed by atoms with Gasteiger partial charge in [-0.05, 0) is 24.3 Å². The lowest BCUT2D eigenvalue weighted by Gasteiger charge is -2.21. The van der Waals surface area contributed by atoms with Gasteiger partial charge in [-0.3, -0.25) is 4.79 Å². The topological polar surface area (TPSA) is 38.3 Å². The predicted molar refractivity (Wildman–Crippen MR) is 70.2 cm³/mol. The highest BCUT2D eigenvalue weighted by atomic mass is 19.2. The van der Waals surface area contributed by atoms with Crippen LogP contribution in [0.2, 0.25) is 0 Å². The van der Waals surface area contributed by atoms with Crippen molar-refractivity contribution < 1.29 is 22.7 Å². The molecule has 0 unspecified atom stereocenters. The lowest BCUT2D eigenvalue weighted by atomic mass is 10.0. The van der Waals surface area contributed by atoms with E-state index >= 15 is 0 Å². The second-order valence-corrected chi connectivity index (χ2v) is 4.51. The van der Waals surface area contributed by atoms with Crippen molar-refractivity contribution in [3.05, 3.63) is 58.9 Å². The SMILES string of the molecule is O=C(c1ccc(F)c(F)c1F)c1cccc2c1OCCN2. The van der Waals surface area contributed by atoms with Crippen LogP contribution in [0.5, 0.6) is 5.75 Å². The molecule has 2 aromatic carbocycles. The summed E-state index contributed by atoms with van der Waals surface area (Å²) in [5.41, 5.74) is 0.177. The van der Waals surface area contributed by atoms with Crippen molar-refractivity contribution >= 4 is 11.5 Å². The van der Waals surface area contributed by atoms with E-state index in [2.05, 4.69) is 5.32 Å². The second kappa shape index (κ2) is 5.12. The molecule has 0 spiro atoms. The quantitative estimate of drug-likeness (QED) is 0.683. The monoisotopic (exact) mass is 293 g/mol. The Morgan fingerprint density at radius 1 is 1.05 bits per heavy atom. The second-order valence-electron chi connectivity index (χ2n) is 4.51. The van der Waals surface area contributed by atoms with E-state index < -0.39 is 28.8 Å². The molecule has 3 rings (SSSR count). The number of carbonyl (C=O) groups excluding carboxylic acids is 1. The smallest absolute Gasteiger partial charge is 0.199 e. The number of halogens is 3. The molecule has 1 heterocycles. The zero-order valence-electron chi connectivity index (χ0n) is 10.8. The first-order valence-electron chi connectivity index (χ1n) is 6.27. The molecule has 1 N–H and O–H groups in total. The molecule has 0 fully saturated rings. The van der Waals surface area contributed by atoms with E-state index in [-0.39, 0.29) is 11.3 Å². The van der Waals surface area contributed by atoms with Gasteiger partial charge in [0, 0.05) is 6.54 Å². The molecule has 0 radical (unpaired) electrons. The van der Waals surface area contributed by atoms with Crippen LogP contribution in [0, 0.1) is 17.5 Å². The van der Waals surface area contributed by atoms with Gasteiger partial charge in [-0.25, -0.2) is 13.2 Å². The van der Waals surface area contributed by atoms with Gasteiger partial charge in [-0.1, -0.05) is 6.07 Å². The first kappa shape index (κ1) is 13.5. The van der Waals surface area contributed by atoms with E-state index in [0.29, 0.717) is 18.8 Å². The van der Waals surface area contributed by atoms with Gasteiger partial charge < -0.3 is 10.1 Å². The largest absolute Gasteiger partial charge is 0.489 e. The summed E-state index contributed by atoms with van der Waals surface area (Å²) in [5.74, 6) is -4.96. The zero-order valence-corrected chi connectivity index (χ0v) is 10.8. The van der Waals surface area contributed by atoms with E-state index in [1.807, 2.05) is 0 Å². The third-order valence-electron chi connectivity index (χ3n) is 3.20. The van der Waals surface area contributed by atoms with Gasteiger partial charge >= 0.3 is 0 Å². The van der Waals surface area contributed by atoms with E-state index in [0.717, 1.165) is 12.1 Å². The standard InChI is InChI=1S/C15H10F3NO2/c16-10-5-4-8(12(17)13(10)18)14(20)9-2-1-3-11-15(9)21-7-6-19-11/h1-5,19H,6-7H2. The van der Waals surface area contributed by atoms with Crippen LogP contribution in [0.1, 0.15) is 15.9 Å². The van der Waals surface area contributed by atoms with Crippen LogP contribution in [-0.2, 0) is 0 Å². The number of ketones is 1. The highest BCUT2D eigenvalue weighted by Gasteiger charge is 2.24. The number of ether oxygens (including phenoxy) is 1.